The highest BCUT2D eigenvalue weighted by atomic mass is 127. The summed E-state index contributed by atoms with van der Waals surface area (Å²) in [5, 5.41) is 0. The van der Waals surface area contributed by atoms with Crippen LogP contribution in [0.4, 0.5) is 0 Å². The summed E-state index contributed by atoms with van der Waals surface area (Å²) in [7, 11) is 0. The van der Waals surface area contributed by atoms with Crippen molar-refractivity contribution in [2.45, 2.75) is 33.6 Å². The van der Waals surface area contributed by atoms with Crippen molar-refractivity contribution in [2.24, 2.45) is 0 Å². The number of rotatable bonds is 4. The van der Waals surface area contributed by atoms with Crippen LogP contribution in [-0.2, 0) is 12.8 Å². The van der Waals surface area contributed by atoms with Gasteiger partial charge in [0.25, 0.3) is 0 Å². The zero-order valence-corrected chi connectivity index (χ0v) is 11.2. The highest BCUT2D eigenvalue weighted by molar-refractivity contribution is 14.1. The van der Waals surface area contributed by atoms with E-state index in [1.54, 1.807) is 0 Å². The first-order valence-corrected chi connectivity index (χ1v) is 6.25. The van der Waals surface area contributed by atoms with Gasteiger partial charge in [-0.1, -0.05) is 19.9 Å². The minimum absolute atomic E-state index is 0.746. The van der Waals surface area contributed by atoms with E-state index >= 15 is 0 Å². The van der Waals surface area contributed by atoms with E-state index < -0.39 is 0 Å². The molecular formula is C12H17IO. The zero-order chi connectivity index (χ0) is 10.6. The maximum atomic E-state index is 5.69. The normalized spacial score (nSPS) is 10.3. The molecule has 0 amide bonds. The second-order valence-electron chi connectivity index (χ2n) is 3.15. The van der Waals surface area contributed by atoms with Gasteiger partial charge in [0.2, 0.25) is 0 Å². The average molecular weight is 304 g/mol. The van der Waals surface area contributed by atoms with Crippen LogP contribution in [0.1, 0.15) is 31.9 Å². The fraction of sp³-hybridized carbons (Fsp3) is 0.500. The van der Waals surface area contributed by atoms with Gasteiger partial charge in [0.1, 0.15) is 5.75 Å². The van der Waals surface area contributed by atoms with Crippen LogP contribution < -0.4 is 4.74 Å². The van der Waals surface area contributed by atoms with Gasteiger partial charge in [-0.05, 0) is 59.5 Å². The second-order valence-corrected chi connectivity index (χ2v) is 4.32. The summed E-state index contributed by atoms with van der Waals surface area (Å²) in [6, 6.07) is 4.35. The molecule has 0 saturated heterocycles. The SMILES string of the molecule is CCOc1c(I)ccc(CC)c1CC. The molecule has 2 heteroatoms. The van der Waals surface area contributed by atoms with Crippen LogP contribution in [0.3, 0.4) is 0 Å². The van der Waals surface area contributed by atoms with Gasteiger partial charge in [-0.25, -0.2) is 0 Å². The molecule has 0 bridgehead atoms. The van der Waals surface area contributed by atoms with Crippen LogP contribution >= 0.6 is 22.6 Å². The van der Waals surface area contributed by atoms with Gasteiger partial charge >= 0.3 is 0 Å². The number of halogens is 1. The fourth-order valence-electron chi connectivity index (χ4n) is 1.66. The van der Waals surface area contributed by atoms with Gasteiger partial charge in [-0.15, -0.1) is 0 Å². The molecule has 0 aliphatic carbocycles. The molecule has 0 unspecified atom stereocenters. The Hall–Kier alpha value is -0.250. The predicted molar refractivity (Wildman–Crippen MR) is 69.1 cm³/mol. The van der Waals surface area contributed by atoms with Crippen molar-refractivity contribution in [3.05, 3.63) is 26.8 Å². The van der Waals surface area contributed by atoms with Gasteiger partial charge in [-0.3, -0.25) is 0 Å². The average Bonchev–Trinajstić information content (AvgIpc) is 2.21. The third kappa shape index (κ3) is 2.41. The van der Waals surface area contributed by atoms with Crippen molar-refractivity contribution in [1.82, 2.24) is 0 Å². The predicted octanol–water partition coefficient (Wildman–Crippen LogP) is 3.81. The van der Waals surface area contributed by atoms with Gasteiger partial charge in [0, 0.05) is 0 Å². The Morgan fingerprint density at radius 1 is 1.14 bits per heavy atom. The van der Waals surface area contributed by atoms with Crippen LogP contribution in [0.15, 0.2) is 12.1 Å². The molecule has 0 aliphatic heterocycles. The molecule has 0 aliphatic rings. The minimum Gasteiger partial charge on any atom is -0.492 e. The number of ether oxygens (including phenoxy) is 1. The third-order valence-corrected chi connectivity index (χ3v) is 3.18. The Morgan fingerprint density at radius 2 is 1.86 bits per heavy atom. The van der Waals surface area contributed by atoms with E-state index in [-0.39, 0.29) is 0 Å². The molecule has 1 nitrogen and oxygen atoms in total. The quantitative estimate of drug-likeness (QED) is 0.769. The van der Waals surface area contributed by atoms with Crippen molar-refractivity contribution < 1.29 is 4.74 Å². The Bertz CT molecular complexity index is 307. The molecule has 0 aromatic heterocycles. The minimum atomic E-state index is 0.746. The highest BCUT2D eigenvalue weighted by Gasteiger charge is 2.10. The summed E-state index contributed by atoms with van der Waals surface area (Å²) >= 11 is 2.34. The van der Waals surface area contributed by atoms with E-state index in [4.69, 9.17) is 4.74 Å². The number of hydrogen-bond donors (Lipinski definition) is 0. The maximum Gasteiger partial charge on any atom is 0.136 e. The molecule has 0 saturated carbocycles. The first kappa shape index (κ1) is 11.8. The number of aryl methyl sites for hydroxylation is 1. The van der Waals surface area contributed by atoms with E-state index in [0.717, 1.165) is 25.2 Å². The van der Waals surface area contributed by atoms with Gasteiger partial charge in [0.05, 0.1) is 10.2 Å². The lowest BCUT2D eigenvalue weighted by Gasteiger charge is -2.14. The Kier molecular flexibility index (Phi) is 4.72. The van der Waals surface area contributed by atoms with Crippen molar-refractivity contribution in [1.29, 1.82) is 0 Å². The molecule has 0 spiro atoms. The van der Waals surface area contributed by atoms with Crippen LogP contribution in [0.5, 0.6) is 5.75 Å². The Balaban J connectivity index is 3.20. The topological polar surface area (TPSA) is 9.23 Å². The zero-order valence-electron chi connectivity index (χ0n) is 9.06. The fourth-order valence-corrected chi connectivity index (χ4v) is 2.32. The monoisotopic (exact) mass is 304 g/mol. The Morgan fingerprint density at radius 3 is 2.36 bits per heavy atom. The first-order valence-electron chi connectivity index (χ1n) is 5.17. The van der Waals surface area contributed by atoms with Crippen molar-refractivity contribution >= 4 is 22.6 Å². The standard InChI is InChI=1S/C12H17IO/c1-4-9-7-8-11(13)12(14-6-3)10(9)5-2/h7-8H,4-6H2,1-3H3. The molecule has 1 aromatic carbocycles. The van der Waals surface area contributed by atoms with E-state index in [1.807, 2.05) is 6.92 Å². The highest BCUT2D eigenvalue weighted by Crippen LogP contribution is 2.29. The summed E-state index contributed by atoms with van der Waals surface area (Å²) in [6.45, 7) is 7.16. The molecule has 0 radical (unpaired) electrons. The van der Waals surface area contributed by atoms with Crippen LogP contribution in [0.25, 0.3) is 0 Å². The van der Waals surface area contributed by atoms with Gasteiger partial charge < -0.3 is 4.74 Å². The Labute approximate surface area is 100.0 Å². The summed E-state index contributed by atoms with van der Waals surface area (Å²) in [5.74, 6) is 1.09. The van der Waals surface area contributed by atoms with E-state index in [1.165, 1.54) is 14.7 Å². The number of hydrogen-bond acceptors (Lipinski definition) is 1. The molecule has 0 fully saturated rings. The third-order valence-electron chi connectivity index (χ3n) is 2.33. The molecule has 0 N–H and O–H groups in total. The number of benzene rings is 1. The van der Waals surface area contributed by atoms with E-state index in [0.29, 0.717) is 0 Å². The van der Waals surface area contributed by atoms with Crippen LogP contribution in [-0.4, -0.2) is 6.61 Å². The molecule has 0 atom stereocenters. The van der Waals surface area contributed by atoms with Crippen molar-refractivity contribution in [3.63, 3.8) is 0 Å². The largest absolute Gasteiger partial charge is 0.492 e. The van der Waals surface area contributed by atoms with Crippen LogP contribution in [0.2, 0.25) is 0 Å². The lowest BCUT2D eigenvalue weighted by molar-refractivity contribution is 0.334. The summed E-state index contributed by atoms with van der Waals surface area (Å²) < 4.78 is 6.91. The van der Waals surface area contributed by atoms with Crippen LogP contribution in [0, 0.1) is 3.57 Å². The molecule has 1 rings (SSSR count). The second kappa shape index (κ2) is 5.59. The summed E-state index contributed by atoms with van der Waals surface area (Å²) in [5.41, 5.74) is 2.79. The smallest absolute Gasteiger partial charge is 0.136 e. The summed E-state index contributed by atoms with van der Waals surface area (Å²) in [4.78, 5) is 0. The molecule has 78 valence electrons. The molecule has 14 heavy (non-hydrogen) atoms. The van der Waals surface area contributed by atoms with Crippen molar-refractivity contribution in [2.75, 3.05) is 6.61 Å². The molecule has 0 heterocycles. The maximum absolute atomic E-state index is 5.69. The van der Waals surface area contributed by atoms with Gasteiger partial charge in [0.15, 0.2) is 0 Å². The molecule has 1 aromatic rings. The lowest BCUT2D eigenvalue weighted by Crippen LogP contribution is -2.01. The van der Waals surface area contributed by atoms with Gasteiger partial charge in [-0.2, -0.15) is 0 Å². The first-order chi connectivity index (χ1) is 6.74. The van der Waals surface area contributed by atoms with E-state index in [9.17, 15) is 0 Å². The summed E-state index contributed by atoms with van der Waals surface area (Å²) in [6.07, 6.45) is 2.13. The lowest BCUT2D eigenvalue weighted by atomic mass is 10.0. The molecular weight excluding hydrogens is 287 g/mol. The van der Waals surface area contributed by atoms with Crippen molar-refractivity contribution in [3.8, 4) is 5.75 Å². The van der Waals surface area contributed by atoms with E-state index in [2.05, 4.69) is 48.6 Å².